The summed E-state index contributed by atoms with van der Waals surface area (Å²) in [7, 11) is 1.51. The van der Waals surface area contributed by atoms with Crippen molar-refractivity contribution in [2.75, 3.05) is 13.7 Å². The monoisotopic (exact) mass is 388 g/mol. The molecule has 8 heteroatoms. The number of carbonyl (C=O) groups is 3. The summed E-state index contributed by atoms with van der Waals surface area (Å²) in [6.45, 7) is 0.601. The standard InChI is InChI=1S/C19H20N2O5S/c1-26-14-9-15(19(24)25)21(11-14)18(23)13-6-4-12(5-7-13)10-20-17(22)16-3-2-8-27-16/h2-8,14-15H,9-11H2,1H3,(H,20,22)(H,24,25). The minimum absolute atomic E-state index is 0.142. The molecule has 7 nitrogen and oxygen atoms in total. The number of hydrogen-bond acceptors (Lipinski definition) is 5. The van der Waals surface area contributed by atoms with Crippen LogP contribution in [0.1, 0.15) is 32.0 Å². The average molecular weight is 388 g/mol. The van der Waals surface area contributed by atoms with E-state index >= 15 is 0 Å². The molecule has 27 heavy (non-hydrogen) atoms. The van der Waals surface area contributed by atoms with Gasteiger partial charge in [0.15, 0.2) is 0 Å². The first kappa shape index (κ1) is 19.1. The number of hydrogen-bond donors (Lipinski definition) is 2. The van der Waals surface area contributed by atoms with E-state index in [4.69, 9.17) is 4.74 Å². The lowest BCUT2D eigenvalue weighted by Gasteiger charge is -2.21. The maximum Gasteiger partial charge on any atom is 0.326 e. The second-order valence-electron chi connectivity index (χ2n) is 6.26. The fraction of sp³-hybridized carbons (Fsp3) is 0.316. The van der Waals surface area contributed by atoms with Crippen LogP contribution in [0.4, 0.5) is 0 Å². The summed E-state index contributed by atoms with van der Waals surface area (Å²) in [5.41, 5.74) is 1.26. The van der Waals surface area contributed by atoms with Crippen molar-refractivity contribution < 1.29 is 24.2 Å². The number of amides is 2. The van der Waals surface area contributed by atoms with Gasteiger partial charge in [-0.1, -0.05) is 18.2 Å². The minimum Gasteiger partial charge on any atom is -0.480 e. The van der Waals surface area contributed by atoms with Crippen LogP contribution in [0.2, 0.25) is 0 Å². The third kappa shape index (κ3) is 4.35. The van der Waals surface area contributed by atoms with Crippen LogP contribution in [-0.4, -0.2) is 53.6 Å². The van der Waals surface area contributed by atoms with Crippen LogP contribution in [0.3, 0.4) is 0 Å². The van der Waals surface area contributed by atoms with Gasteiger partial charge in [-0.3, -0.25) is 9.59 Å². The molecule has 0 spiro atoms. The summed E-state index contributed by atoms with van der Waals surface area (Å²) < 4.78 is 5.22. The van der Waals surface area contributed by atoms with Gasteiger partial charge in [0.1, 0.15) is 6.04 Å². The molecule has 1 aromatic heterocycles. The number of carboxylic acids is 1. The number of nitrogens with zero attached hydrogens (tertiary/aromatic N) is 1. The number of nitrogens with one attached hydrogen (secondary N) is 1. The van der Waals surface area contributed by atoms with E-state index in [9.17, 15) is 19.5 Å². The molecule has 2 amide bonds. The zero-order valence-corrected chi connectivity index (χ0v) is 15.6. The van der Waals surface area contributed by atoms with Gasteiger partial charge in [0.05, 0.1) is 11.0 Å². The highest BCUT2D eigenvalue weighted by atomic mass is 32.1. The summed E-state index contributed by atoms with van der Waals surface area (Å²) >= 11 is 1.37. The van der Waals surface area contributed by atoms with Crippen LogP contribution in [0.25, 0.3) is 0 Å². The number of carboxylic acid groups (broad SMARTS) is 1. The topological polar surface area (TPSA) is 95.9 Å². The molecular formula is C19H20N2O5S. The number of thiophene rings is 1. The van der Waals surface area contributed by atoms with E-state index < -0.39 is 12.0 Å². The molecule has 1 aliphatic rings. The third-order valence-corrected chi connectivity index (χ3v) is 5.41. The smallest absolute Gasteiger partial charge is 0.326 e. The van der Waals surface area contributed by atoms with Crippen LogP contribution in [-0.2, 0) is 16.1 Å². The highest BCUT2D eigenvalue weighted by Crippen LogP contribution is 2.23. The number of rotatable bonds is 6. The predicted molar refractivity (Wildman–Crippen MR) is 99.8 cm³/mol. The zero-order valence-electron chi connectivity index (χ0n) is 14.8. The Labute approximate surface area is 160 Å². The van der Waals surface area contributed by atoms with Gasteiger partial charge < -0.3 is 20.1 Å². The first-order chi connectivity index (χ1) is 13.0. The second kappa shape index (κ2) is 8.32. The Hall–Kier alpha value is -2.71. The van der Waals surface area contributed by atoms with Crippen molar-refractivity contribution in [2.45, 2.75) is 25.1 Å². The molecule has 0 bridgehead atoms. The summed E-state index contributed by atoms with van der Waals surface area (Å²) in [5.74, 6) is -1.51. The first-order valence-corrected chi connectivity index (χ1v) is 9.34. The Morgan fingerprint density at radius 2 is 2.00 bits per heavy atom. The normalized spacial score (nSPS) is 19.1. The van der Waals surface area contributed by atoms with Gasteiger partial charge in [-0.05, 0) is 29.1 Å². The van der Waals surface area contributed by atoms with Crippen LogP contribution in [0.5, 0.6) is 0 Å². The van der Waals surface area contributed by atoms with Crippen LogP contribution >= 0.6 is 11.3 Å². The van der Waals surface area contributed by atoms with Crippen molar-refractivity contribution in [3.05, 3.63) is 57.8 Å². The molecular weight excluding hydrogens is 368 g/mol. The van der Waals surface area contributed by atoms with E-state index in [0.29, 0.717) is 17.0 Å². The predicted octanol–water partition coefficient (Wildman–Crippen LogP) is 1.99. The Morgan fingerprint density at radius 1 is 1.26 bits per heavy atom. The van der Waals surface area contributed by atoms with Crippen molar-refractivity contribution in [2.24, 2.45) is 0 Å². The Bertz CT molecular complexity index is 819. The van der Waals surface area contributed by atoms with Crippen molar-refractivity contribution in [1.29, 1.82) is 0 Å². The van der Waals surface area contributed by atoms with Gasteiger partial charge in [-0.25, -0.2) is 4.79 Å². The van der Waals surface area contributed by atoms with E-state index in [2.05, 4.69) is 5.32 Å². The Kier molecular flexibility index (Phi) is 5.88. The maximum atomic E-state index is 12.7. The van der Waals surface area contributed by atoms with E-state index in [1.807, 2.05) is 11.4 Å². The van der Waals surface area contributed by atoms with Crippen molar-refractivity contribution >= 4 is 29.1 Å². The van der Waals surface area contributed by atoms with Crippen LogP contribution in [0, 0.1) is 0 Å². The molecule has 3 rings (SSSR count). The first-order valence-electron chi connectivity index (χ1n) is 8.47. The molecule has 2 unspecified atom stereocenters. The molecule has 1 aromatic carbocycles. The van der Waals surface area contributed by atoms with Crippen LogP contribution < -0.4 is 5.32 Å². The van der Waals surface area contributed by atoms with Gasteiger partial charge in [-0.15, -0.1) is 11.3 Å². The third-order valence-electron chi connectivity index (χ3n) is 4.54. The van der Waals surface area contributed by atoms with Crippen LogP contribution in [0.15, 0.2) is 41.8 Å². The van der Waals surface area contributed by atoms with Crippen molar-refractivity contribution in [3.8, 4) is 0 Å². The summed E-state index contributed by atoms with van der Waals surface area (Å²) in [4.78, 5) is 38.1. The number of carbonyl (C=O) groups excluding carboxylic acids is 2. The van der Waals surface area contributed by atoms with Gasteiger partial charge >= 0.3 is 5.97 Å². The maximum absolute atomic E-state index is 12.7. The Morgan fingerprint density at radius 3 is 2.59 bits per heavy atom. The molecule has 2 N–H and O–H groups in total. The molecule has 1 aliphatic heterocycles. The van der Waals surface area contributed by atoms with Crippen molar-refractivity contribution in [3.63, 3.8) is 0 Å². The molecule has 142 valence electrons. The van der Waals surface area contributed by atoms with Gasteiger partial charge in [-0.2, -0.15) is 0 Å². The molecule has 1 fully saturated rings. The van der Waals surface area contributed by atoms with Gasteiger partial charge in [0.2, 0.25) is 0 Å². The number of likely N-dealkylation sites (tertiary alicyclic amines) is 1. The van der Waals surface area contributed by atoms with E-state index in [-0.39, 0.29) is 30.9 Å². The number of aliphatic carboxylic acids is 1. The molecule has 0 saturated carbocycles. The fourth-order valence-electron chi connectivity index (χ4n) is 3.03. The lowest BCUT2D eigenvalue weighted by Crippen LogP contribution is -2.40. The summed E-state index contributed by atoms with van der Waals surface area (Å²) in [6.07, 6.45) is 0.00603. The second-order valence-corrected chi connectivity index (χ2v) is 7.21. The van der Waals surface area contributed by atoms with E-state index in [0.717, 1.165) is 5.56 Å². The SMILES string of the molecule is COC1CC(C(=O)O)N(C(=O)c2ccc(CNC(=O)c3cccs3)cc2)C1. The number of methoxy groups -OCH3 is 1. The largest absolute Gasteiger partial charge is 0.480 e. The highest BCUT2D eigenvalue weighted by molar-refractivity contribution is 7.12. The molecule has 2 atom stereocenters. The zero-order chi connectivity index (χ0) is 19.4. The van der Waals surface area contributed by atoms with Crippen molar-refractivity contribution in [1.82, 2.24) is 10.2 Å². The summed E-state index contributed by atoms with van der Waals surface area (Å²) in [6, 6.07) is 9.48. The quantitative estimate of drug-likeness (QED) is 0.789. The number of ether oxygens (including phenoxy) is 1. The lowest BCUT2D eigenvalue weighted by atomic mass is 10.1. The lowest BCUT2D eigenvalue weighted by molar-refractivity contribution is -0.141. The minimum atomic E-state index is -1.03. The van der Waals surface area contributed by atoms with E-state index in [1.165, 1.54) is 23.3 Å². The van der Waals surface area contributed by atoms with E-state index in [1.54, 1.807) is 30.3 Å². The molecule has 0 radical (unpaired) electrons. The molecule has 2 heterocycles. The highest BCUT2D eigenvalue weighted by Gasteiger charge is 2.40. The van der Waals surface area contributed by atoms with Gasteiger partial charge in [0.25, 0.3) is 11.8 Å². The Balaban J connectivity index is 1.63. The summed E-state index contributed by atoms with van der Waals surface area (Å²) in [5, 5.41) is 14.0. The fourth-order valence-corrected chi connectivity index (χ4v) is 3.68. The van der Waals surface area contributed by atoms with Gasteiger partial charge in [0, 0.05) is 32.2 Å². The molecule has 1 saturated heterocycles. The molecule has 0 aliphatic carbocycles. The average Bonchev–Trinajstić information content (AvgIpc) is 3.35. The molecule has 2 aromatic rings. The number of benzene rings is 1.